The number of hydrogen-bond acceptors (Lipinski definition) is 27. The molecule has 6 fully saturated rings. The van der Waals surface area contributed by atoms with Gasteiger partial charge in [-0.3, -0.25) is 77.0 Å². The molecule has 6 saturated heterocycles. The van der Waals surface area contributed by atoms with Crippen molar-refractivity contribution in [3.63, 3.8) is 0 Å². The van der Waals surface area contributed by atoms with Crippen LogP contribution in [0.3, 0.4) is 0 Å². The number of rotatable bonds is 45. The Morgan fingerprint density at radius 1 is 0.454 bits per heavy atom. The number of carbonyl (C=O) groups is 12. The molecule has 3 aromatic rings. The molecule has 130 heavy (non-hydrogen) atoms. The second kappa shape index (κ2) is 44.9. The zero-order valence-electron chi connectivity index (χ0n) is 75.8. The molecular weight excluding hydrogens is 1680 g/mol. The van der Waals surface area contributed by atoms with Gasteiger partial charge in [0, 0.05) is 71.4 Å². The second-order valence-corrected chi connectivity index (χ2v) is 36.6. The van der Waals surface area contributed by atoms with Crippen LogP contribution in [0.15, 0.2) is 101 Å². The Balaban J connectivity index is 0.747. The molecular formula is C93H129N13O24. The molecule has 3 aliphatic carbocycles. The Labute approximate surface area is 756 Å². The van der Waals surface area contributed by atoms with Gasteiger partial charge >= 0.3 is 0 Å². The fraction of sp³-hybridized carbons (Fsp3) is 0.624. The summed E-state index contributed by atoms with van der Waals surface area (Å²) in [5.74, 6) is -7.06. The van der Waals surface area contributed by atoms with Crippen LogP contribution in [0, 0.1) is 11.8 Å². The fourth-order valence-electron chi connectivity index (χ4n) is 17.9. The van der Waals surface area contributed by atoms with E-state index in [1.54, 1.807) is 64.3 Å². The molecule has 9 amide bonds. The number of nitrogens with one attached hydrogen (secondary N) is 9. The van der Waals surface area contributed by atoms with Gasteiger partial charge in [0.1, 0.15) is 70.7 Å². The molecule has 6 aliphatic heterocycles. The number of methoxy groups -OCH3 is 2. The van der Waals surface area contributed by atoms with Crippen molar-refractivity contribution in [1.29, 1.82) is 0 Å². The van der Waals surface area contributed by atoms with Crippen LogP contribution in [-0.2, 0) is 106 Å². The lowest BCUT2D eigenvalue weighted by molar-refractivity contribution is -0.138. The number of benzene rings is 2. The van der Waals surface area contributed by atoms with Crippen LogP contribution < -0.4 is 62.9 Å². The molecule has 0 spiro atoms. The number of aliphatic hydroxyl groups is 3. The van der Waals surface area contributed by atoms with Crippen molar-refractivity contribution in [2.75, 3.05) is 133 Å². The average Bonchev–Trinajstić information content (AvgIpc) is 1.64. The van der Waals surface area contributed by atoms with Crippen molar-refractivity contribution in [1.82, 2.24) is 67.1 Å². The minimum absolute atomic E-state index is 0.0426. The van der Waals surface area contributed by atoms with E-state index in [9.17, 15) is 68.1 Å². The van der Waals surface area contributed by atoms with Crippen molar-refractivity contribution < 1.29 is 111 Å². The van der Waals surface area contributed by atoms with Crippen LogP contribution >= 0.6 is 0 Å². The molecule has 18 atom stereocenters. The number of nitrogens with zero attached hydrogens (tertiary/aromatic N) is 4. The first-order chi connectivity index (χ1) is 62.1. The van der Waals surface area contributed by atoms with E-state index in [4.69, 9.17) is 37.9 Å². The molecule has 37 heteroatoms. The first kappa shape index (κ1) is 99.0. The Morgan fingerprint density at radius 2 is 0.869 bits per heavy atom. The van der Waals surface area contributed by atoms with Gasteiger partial charge in [0.15, 0.2) is 17.3 Å². The summed E-state index contributed by atoms with van der Waals surface area (Å²) in [5.41, 5.74) is 0.433. The van der Waals surface area contributed by atoms with Gasteiger partial charge < -0.3 is 106 Å². The summed E-state index contributed by atoms with van der Waals surface area (Å²) in [4.78, 5) is 191. The molecule has 0 saturated carbocycles. The summed E-state index contributed by atoms with van der Waals surface area (Å²) in [6.45, 7) is 14.6. The molecule has 2 aromatic carbocycles. The topological polar surface area (TPSA) is 489 Å². The molecule has 710 valence electrons. The van der Waals surface area contributed by atoms with Crippen LogP contribution in [0.4, 0.5) is 0 Å². The largest absolute Gasteiger partial charge is 0.497 e. The summed E-state index contributed by atoms with van der Waals surface area (Å²) >= 11 is 0. The lowest BCUT2D eigenvalue weighted by Crippen LogP contribution is -2.60. The zero-order chi connectivity index (χ0) is 93.3. The van der Waals surface area contributed by atoms with E-state index in [2.05, 4.69) is 60.0 Å². The molecule has 1 aromatic heterocycles. The highest BCUT2D eigenvalue weighted by Gasteiger charge is 2.54. The van der Waals surface area contributed by atoms with E-state index in [1.165, 1.54) is 57.8 Å². The van der Waals surface area contributed by atoms with Crippen molar-refractivity contribution in [2.24, 2.45) is 18.9 Å². The van der Waals surface area contributed by atoms with Crippen LogP contribution in [0.5, 0.6) is 11.5 Å². The second-order valence-electron chi connectivity index (χ2n) is 36.6. The van der Waals surface area contributed by atoms with Crippen LogP contribution in [0.1, 0.15) is 146 Å². The van der Waals surface area contributed by atoms with Gasteiger partial charge in [-0.2, -0.15) is 0 Å². The van der Waals surface area contributed by atoms with E-state index < -0.39 is 148 Å². The molecule has 12 N–H and O–H groups in total. The van der Waals surface area contributed by atoms with Crippen LogP contribution in [-0.4, -0.2) is 321 Å². The van der Waals surface area contributed by atoms with Gasteiger partial charge in [-0.25, -0.2) is 0 Å². The SMILES string of the molecule is COc1ccc(C(O)C(NC(=O)C(NC(=O)CN2CCOCC2)C(C)O)C(=O)NC(CC2=CCCC(c3cc(CC(NC(=O)C(NC(=O)CN4CCOCC4)C(C)O)C(=O)NC(CC4=CCCC(C5CC=C(CC(NC(=O)C(Cc6ccc(=O)n(C)c6)NC(=O)C(C)NC(=O)CN6CCOCC6)C(=O)C6(C)CO6)C5)C4)C(=O)C4(C)CO4)ccc3OC)C2)C(=O)C2(C)CO2)cc1. The van der Waals surface area contributed by atoms with Gasteiger partial charge in [0.25, 0.3) is 0 Å². The number of aryl methyl sites for hydroxylation is 1. The number of morpholine rings is 3. The number of carbonyl (C=O) groups excluding carboxylic acids is 12. The van der Waals surface area contributed by atoms with Crippen molar-refractivity contribution >= 4 is 70.5 Å². The number of ether oxygens (including phenoxy) is 8. The third kappa shape index (κ3) is 27.1. The molecule has 18 unspecified atom stereocenters. The van der Waals surface area contributed by atoms with Gasteiger partial charge in [0.2, 0.25) is 58.7 Å². The van der Waals surface area contributed by atoms with Crippen LogP contribution in [0.2, 0.25) is 0 Å². The number of amides is 9. The van der Waals surface area contributed by atoms with Gasteiger partial charge in [0.05, 0.1) is 124 Å². The molecule has 7 heterocycles. The summed E-state index contributed by atoms with van der Waals surface area (Å²) in [6, 6.07) is 1.98. The quantitative estimate of drug-likeness (QED) is 0.0252. The summed E-state index contributed by atoms with van der Waals surface area (Å²) in [6.07, 6.45) is 7.31. The number of Topliss-reactive ketones (excluding diaryl/α,β-unsaturated/α-hetero) is 3. The third-order valence-electron chi connectivity index (χ3n) is 26.2. The van der Waals surface area contributed by atoms with Crippen LogP contribution in [0.25, 0.3) is 0 Å². The van der Waals surface area contributed by atoms with E-state index in [0.717, 1.165) is 23.1 Å². The van der Waals surface area contributed by atoms with Crippen molar-refractivity contribution in [3.8, 4) is 11.5 Å². The van der Waals surface area contributed by atoms with Crippen molar-refractivity contribution in [2.45, 2.75) is 220 Å². The molecule has 0 radical (unpaired) electrons. The maximum Gasteiger partial charge on any atom is 0.250 e. The average molecular weight is 1810 g/mol. The molecule has 12 rings (SSSR count). The number of epoxide rings is 3. The standard InChI is InChI=1S/C93H129N13O24/c1-54(94-74(109)48-104-26-32-125-33-27-104)85(117)98-72(46-61-18-25-77(112)103(7)47-61)87(119)96-69(83(115)92(5)52-129-92)44-59-16-19-64(39-59)63-14-10-12-57(38-63)42-68(82(114)91(4)51-128-91)95-86(118)71(99-88(120)78(55(2)107)100-75(110)49-105-28-34-126-35-29-105)45-60-17-24-73(124-9)67(41-60)65-15-11-13-58(40-65)43-70(84(116)93(6)53-130-93)97-90(122)80(81(113)62-20-22-66(123-8)23-21-62)102-89(121)79(56(3)108)101-76(111)50-106-30-36-127-37-31-106/h12-13,16-18,20-25,41,47,54-56,63-65,68-72,78-81,107-108,113H,10-11,14-15,19,26-40,42-46,48-53H2,1-9H3,(H,94,109)(H,95,118)(H,96,119)(H,97,122)(H,98,117)(H,99,120)(H,100,110)(H,101,111)(H,102,121). The number of allylic oxidation sites excluding steroid dienone is 3. The minimum Gasteiger partial charge on any atom is -0.497 e. The van der Waals surface area contributed by atoms with E-state index in [0.29, 0.717) is 152 Å². The van der Waals surface area contributed by atoms with Gasteiger partial charge in [-0.05, 0) is 170 Å². The highest BCUT2D eigenvalue weighted by atomic mass is 16.6. The number of aliphatic hydroxyl groups excluding tert-OH is 3. The summed E-state index contributed by atoms with van der Waals surface area (Å²) in [5, 5.41) is 59.4. The highest BCUT2D eigenvalue weighted by molar-refractivity contribution is 6.01. The van der Waals surface area contributed by atoms with E-state index >= 15 is 9.59 Å². The Kier molecular flexibility index (Phi) is 34.2. The van der Waals surface area contributed by atoms with E-state index in [1.807, 2.05) is 26.8 Å². The molecule has 9 aliphatic rings. The van der Waals surface area contributed by atoms with Gasteiger partial charge in [-0.1, -0.05) is 65.3 Å². The smallest absolute Gasteiger partial charge is 0.250 e. The zero-order valence-corrected chi connectivity index (χ0v) is 75.8. The Bertz CT molecular complexity index is 4730. The first-order valence-corrected chi connectivity index (χ1v) is 45.3. The number of pyridine rings is 1. The summed E-state index contributed by atoms with van der Waals surface area (Å²) < 4.78 is 46.2. The first-order valence-electron chi connectivity index (χ1n) is 45.3. The Morgan fingerprint density at radius 3 is 1.34 bits per heavy atom. The molecule has 37 nitrogen and oxygen atoms in total. The fourth-order valence-corrected chi connectivity index (χ4v) is 17.9. The van der Waals surface area contributed by atoms with Gasteiger partial charge in [-0.15, -0.1) is 0 Å². The molecule has 0 bridgehead atoms. The Hall–Kier alpha value is -10.0. The van der Waals surface area contributed by atoms with Crippen molar-refractivity contribution in [3.05, 3.63) is 128 Å². The monoisotopic (exact) mass is 1810 g/mol. The number of aromatic nitrogens is 1. The maximum absolute atomic E-state index is 15.6. The normalized spacial score (nSPS) is 25.0. The van der Waals surface area contributed by atoms with E-state index in [-0.39, 0.29) is 112 Å². The predicted octanol–water partition coefficient (Wildman–Crippen LogP) is -0.436. The number of hydrogen-bond donors (Lipinski definition) is 12. The predicted molar refractivity (Wildman–Crippen MR) is 471 cm³/mol. The summed E-state index contributed by atoms with van der Waals surface area (Å²) in [7, 11) is 4.52. The lowest BCUT2D eigenvalue weighted by Gasteiger charge is -2.31. The lowest BCUT2D eigenvalue weighted by atomic mass is 9.76. The maximum atomic E-state index is 15.6. The minimum atomic E-state index is -1.81. The number of ketones is 3. The highest BCUT2D eigenvalue weighted by Crippen LogP contribution is 2.44. The third-order valence-corrected chi connectivity index (χ3v) is 26.2.